The molecule has 3 heterocycles. The zero-order chi connectivity index (χ0) is 20.4. The maximum atomic E-state index is 12.6. The summed E-state index contributed by atoms with van der Waals surface area (Å²) in [5.74, 6) is -0.265. The van der Waals surface area contributed by atoms with Crippen molar-refractivity contribution in [1.82, 2.24) is 19.4 Å². The lowest BCUT2D eigenvalue weighted by molar-refractivity contribution is 0.0950. The van der Waals surface area contributed by atoms with Crippen molar-refractivity contribution in [2.24, 2.45) is 7.05 Å². The Hall–Kier alpha value is -2.49. The second-order valence-corrected chi connectivity index (χ2v) is 9.83. The van der Waals surface area contributed by atoms with Crippen LogP contribution in [0.25, 0.3) is 10.6 Å². The average Bonchev–Trinajstić information content (AvgIpc) is 3.47. The van der Waals surface area contributed by atoms with E-state index in [0.29, 0.717) is 25.2 Å². The molecule has 2 aromatic heterocycles. The molecule has 4 rings (SSSR count). The number of thiophene rings is 1. The van der Waals surface area contributed by atoms with E-state index >= 15 is 0 Å². The summed E-state index contributed by atoms with van der Waals surface area (Å²) in [6.45, 7) is 1.41. The Morgan fingerprint density at radius 3 is 2.55 bits per heavy atom. The highest BCUT2D eigenvalue weighted by Gasteiger charge is 2.27. The lowest BCUT2D eigenvalue weighted by Crippen LogP contribution is -2.28. The summed E-state index contributed by atoms with van der Waals surface area (Å²) in [6.07, 6.45) is 1.78. The summed E-state index contributed by atoms with van der Waals surface area (Å²) in [5.41, 5.74) is 2.18. The van der Waals surface area contributed by atoms with Gasteiger partial charge in [-0.2, -0.15) is 9.40 Å². The van der Waals surface area contributed by atoms with E-state index in [-0.39, 0.29) is 10.8 Å². The third kappa shape index (κ3) is 4.12. The average molecular weight is 431 g/mol. The van der Waals surface area contributed by atoms with Crippen molar-refractivity contribution in [3.63, 3.8) is 0 Å². The number of hydrogen-bond donors (Lipinski definition) is 1. The van der Waals surface area contributed by atoms with Crippen LogP contribution in [-0.2, 0) is 23.6 Å². The zero-order valence-corrected chi connectivity index (χ0v) is 17.7. The largest absolute Gasteiger partial charge is 0.346 e. The highest BCUT2D eigenvalue weighted by Crippen LogP contribution is 2.25. The molecule has 1 amide bonds. The normalized spacial score (nSPS) is 14.9. The summed E-state index contributed by atoms with van der Waals surface area (Å²) >= 11 is 1.64. The Labute approximate surface area is 174 Å². The number of nitrogens with zero attached hydrogens (tertiary/aromatic N) is 3. The Kier molecular flexibility index (Phi) is 5.53. The minimum Gasteiger partial charge on any atom is -0.346 e. The van der Waals surface area contributed by atoms with E-state index in [9.17, 15) is 13.2 Å². The monoisotopic (exact) mass is 430 g/mol. The van der Waals surface area contributed by atoms with Crippen molar-refractivity contribution in [1.29, 1.82) is 0 Å². The summed E-state index contributed by atoms with van der Waals surface area (Å²) in [5, 5.41) is 9.30. The van der Waals surface area contributed by atoms with Gasteiger partial charge in [-0.1, -0.05) is 6.07 Å². The predicted octanol–water partition coefficient (Wildman–Crippen LogP) is 2.86. The Bertz CT molecular complexity index is 1100. The van der Waals surface area contributed by atoms with E-state index in [1.54, 1.807) is 28.2 Å². The van der Waals surface area contributed by atoms with E-state index in [2.05, 4.69) is 10.4 Å². The Balaban J connectivity index is 1.41. The van der Waals surface area contributed by atoms with Gasteiger partial charge in [0.05, 0.1) is 27.7 Å². The lowest BCUT2D eigenvalue weighted by Gasteiger charge is -2.15. The van der Waals surface area contributed by atoms with E-state index in [1.807, 2.05) is 30.6 Å². The fraction of sp³-hybridized carbons (Fsp3) is 0.300. The van der Waals surface area contributed by atoms with Crippen molar-refractivity contribution in [2.75, 3.05) is 13.1 Å². The van der Waals surface area contributed by atoms with Crippen LogP contribution in [-0.4, -0.2) is 41.5 Å². The number of carbonyl (C=O) groups is 1. The van der Waals surface area contributed by atoms with Gasteiger partial charge in [0.2, 0.25) is 10.0 Å². The minimum absolute atomic E-state index is 0.223. The molecule has 1 aromatic carbocycles. The Morgan fingerprint density at radius 1 is 1.17 bits per heavy atom. The van der Waals surface area contributed by atoms with Crippen LogP contribution < -0.4 is 5.32 Å². The lowest BCUT2D eigenvalue weighted by atomic mass is 10.2. The molecule has 0 radical (unpaired) electrons. The van der Waals surface area contributed by atoms with Crippen molar-refractivity contribution in [2.45, 2.75) is 24.3 Å². The standard InChI is InChI=1S/C20H22N4O3S2/c1-23-18(19-5-4-12-28-19)13-16(22-23)14-21-20(25)15-6-8-17(9-7-15)29(26,27)24-10-2-3-11-24/h4-9,12-13H,2-3,10-11,14H2,1H3,(H,21,25). The highest BCUT2D eigenvalue weighted by atomic mass is 32.2. The third-order valence-corrected chi connectivity index (χ3v) is 7.76. The molecule has 3 aromatic rings. The fourth-order valence-corrected chi connectivity index (χ4v) is 5.69. The number of benzene rings is 1. The molecule has 9 heteroatoms. The number of aryl methyl sites for hydroxylation is 1. The van der Waals surface area contributed by atoms with Gasteiger partial charge < -0.3 is 5.32 Å². The molecule has 7 nitrogen and oxygen atoms in total. The topological polar surface area (TPSA) is 84.3 Å². The van der Waals surface area contributed by atoms with Crippen molar-refractivity contribution in [3.05, 3.63) is 59.1 Å². The second kappa shape index (κ2) is 8.10. The number of carbonyl (C=O) groups excluding carboxylic acids is 1. The van der Waals surface area contributed by atoms with Gasteiger partial charge in [0.25, 0.3) is 5.91 Å². The quantitative estimate of drug-likeness (QED) is 0.652. The summed E-state index contributed by atoms with van der Waals surface area (Å²) in [4.78, 5) is 13.8. The fourth-order valence-electron chi connectivity index (χ4n) is 3.40. The number of amides is 1. The van der Waals surface area contributed by atoms with Crippen LogP contribution in [0.4, 0.5) is 0 Å². The van der Waals surface area contributed by atoms with Gasteiger partial charge in [-0.3, -0.25) is 9.48 Å². The van der Waals surface area contributed by atoms with E-state index < -0.39 is 10.0 Å². The minimum atomic E-state index is -3.47. The maximum absolute atomic E-state index is 12.6. The number of sulfonamides is 1. The molecule has 1 saturated heterocycles. The van der Waals surface area contributed by atoms with Crippen LogP contribution in [0.5, 0.6) is 0 Å². The molecular formula is C20H22N4O3S2. The van der Waals surface area contributed by atoms with Crippen molar-refractivity contribution in [3.8, 4) is 10.6 Å². The van der Waals surface area contributed by atoms with Crippen LogP contribution in [0.15, 0.2) is 52.7 Å². The first-order valence-electron chi connectivity index (χ1n) is 9.40. The molecule has 152 valence electrons. The summed E-state index contributed by atoms with van der Waals surface area (Å²) in [7, 11) is -1.60. The Morgan fingerprint density at radius 2 is 1.90 bits per heavy atom. The van der Waals surface area contributed by atoms with Crippen molar-refractivity contribution < 1.29 is 13.2 Å². The van der Waals surface area contributed by atoms with E-state index in [0.717, 1.165) is 29.1 Å². The number of nitrogens with one attached hydrogen (secondary N) is 1. The predicted molar refractivity (Wildman–Crippen MR) is 112 cm³/mol. The van der Waals surface area contributed by atoms with Gasteiger partial charge in [0.1, 0.15) is 0 Å². The molecule has 0 spiro atoms. The van der Waals surface area contributed by atoms with Crippen LogP contribution in [0, 0.1) is 0 Å². The third-order valence-electron chi connectivity index (χ3n) is 4.95. The highest BCUT2D eigenvalue weighted by molar-refractivity contribution is 7.89. The number of rotatable bonds is 6. The summed E-state index contributed by atoms with van der Waals surface area (Å²) < 4.78 is 28.4. The first-order chi connectivity index (χ1) is 13.9. The summed E-state index contributed by atoms with van der Waals surface area (Å²) in [6, 6.07) is 12.1. The molecule has 0 aliphatic carbocycles. The molecule has 1 fully saturated rings. The first kappa shape index (κ1) is 19.8. The van der Waals surface area contributed by atoms with Gasteiger partial charge >= 0.3 is 0 Å². The molecule has 0 bridgehead atoms. The van der Waals surface area contributed by atoms with Gasteiger partial charge in [-0.05, 0) is 54.6 Å². The van der Waals surface area contributed by atoms with Crippen LogP contribution in [0.2, 0.25) is 0 Å². The zero-order valence-electron chi connectivity index (χ0n) is 16.0. The van der Waals surface area contributed by atoms with Crippen molar-refractivity contribution >= 4 is 27.3 Å². The molecule has 1 aliphatic rings. The van der Waals surface area contributed by atoms with Crippen LogP contribution in [0.1, 0.15) is 28.9 Å². The van der Waals surface area contributed by atoms with Gasteiger partial charge in [-0.15, -0.1) is 11.3 Å². The molecule has 0 saturated carbocycles. The van der Waals surface area contributed by atoms with Gasteiger partial charge in [0.15, 0.2) is 0 Å². The van der Waals surface area contributed by atoms with Gasteiger partial charge in [-0.25, -0.2) is 8.42 Å². The van der Waals surface area contributed by atoms with E-state index in [4.69, 9.17) is 0 Å². The maximum Gasteiger partial charge on any atom is 0.251 e. The molecule has 0 unspecified atom stereocenters. The SMILES string of the molecule is Cn1nc(CNC(=O)c2ccc(S(=O)(=O)N3CCCC3)cc2)cc1-c1cccs1. The molecule has 0 atom stereocenters. The first-order valence-corrected chi connectivity index (χ1v) is 11.7. The van der Waals surface area contributed by atoms with E-state index in [1.165, 1.54) is 16.4 Å². The molecule has 29 heavy (non-hydrogen) atoms. The van der Waals surface area contributed by atoms with Crippen LogP contribution >= 0.6 is 11.3 Å². The number of aromatic nitrogens is 2. The molecule has 1 aliphatic heterocycles. The van der Waals surface area contributed by atoms with Gasteiger partial charge in [0, 0.05) is 25.7 Å². The smallest absolute Gasteiger partial charge is 0.251 e. The number of hydrogen-bond acceptors (Lipinski definition) is 5. The molecular weight excluding hydrogens is 408 g/mol. The molecule has 1 N–H and O–H groups in total. The second-order valence-electron chi connectivity index (χ2n) is 6.94. The van der Waals surface area contributed by atoms with Crippen LogP contribution in [0.3, 0.4) is 0 Å².